The molecule has 1 heterocycles. The van der Waals surface area contributed by atoms with Crippen LogP contribution in [0, 0.1) is 12.8 Å². The molecule has 0 amide bonds. The van der Waals surface area contributed by atoms with Crippen molar-refractivity contribution in [2.24, 2.45) is 5.92 Å². The Labute approximate surface area is 110 Å². The minimum Gasteiger partial charge on any atom is -0.356 e. The zero-order valence-electron chi connectivity index (χ0n) is 11.5. The van der Waals surface area contributed by atoms with E-state index in [1.54, 1.807) is 0 Å². The normalized spacial score (nSPS) is 20.5. The second-order valence-corrected chi connectivity index (χ2v) is 6.06. The number of aryl methyl sites for hydroxylation is 1. The predicted molar refractivity (Wildman–Crippen MR) is 74.9 cm³/mol. The Morgan fingerprint density at radius 3 is 2.78 bits per heavy atom. The molecule has 0 aliphatic heterocycles. The summed E-state index contributed by atoms with van der Waals surface area (Å²) in [6, 6.07) is 0.692. The van der Waals surface area contributed by atoms with Gasteiger partial charge in [-0.15, -0.1) is 0 Å². The molecule has 1 N–H and O–H groups in total. The molecule has 1 aromatic rings. The summed E-state index contributed by atoms with van der Waals surface area (Å²) < 4.78 is 2.39. The van der Waals surface area contributed by atoms with Crippen molar-refractivity contribution in [2.45, 2.75) is 64.3 Å². The summed E-state index contributed by atoms with van der Waals surface area (Å²) in [6.07, 6.45) is 13.3. The molecule has 1 aromatic heterocycles. The predicted octanol–water partition coefficient (Wildman–Crippen LogP) is 3.91. The fraction of sp³-hybridized carbons (Fsp3) is 0.800. The molecular formula is C15H25N3. The minimum absolute atomic E-state index is 0.692. The van der Waals surface area contributed by atoms with Crippen LogP contribution in [0.1, 0.15) is 63.1 Å². The molecule has 3 nitrogen and oxygen atoms in total. The van der Waals surface area contributed by atoms with Gasteiger partial charge < -0.3 is 9.88 Å². The maximum absolute atomic E-state index is 4.64. The van der Waals surface area contributed by atoms with E-state index in [4.69, 9.17) is 0 Å². The molecule has 18 heavy (non-hydrogen) atoms. The van der Waals surface area contributed by atoms with Crippen LogP contribution in [0.3, 0.4) is 0 Å². The van der Waals surface area contributed by atoms with Crippen molar-refractivity contribution in [1.82, 2.24) is 9.55 Å². The van der Waals surface area contributed by atoms with Crippen LogP contribution < -0.4 is 5.32 Å². The van der Waals surface area contributed by atoms with Gasteiger partial charge in [-0.3, -0.25) is 0 Å². The van der Waals surface area contributed by atoms with Gasteiger partial charge in [-0.2, -0.15) is 0 Å². The molecule has 2 saturated carbocycles. The summed E-state index contributed by atoms with van der Waals surface area (Å²) in [5.41, 5.74) is 1.14. The highest BCUT2D eigenvalue weighted by Crippen LogP contribution is 2.34. The molecule has 0 saturated heterocycles. The van der Waals surface area contributed by atoms with E-state index in [1.807, 2.05) is 0 Å². The Kier molecular flexibility index (Phi) is 3.57. The SMILES string of the molecule is Cc1cn(C2CCCC2)c(NCCCC2CC2)n1. The number of rotatable bonds is 6. The second-order valence-electron chi connectivity index (χ2n) is 6.06. The molecule has 0 radical (unpaired) electrons. The van der Waals surface area contributed by atoms with Crippen molar-refractivity contribution in [3.8, 4) is 0 Å². The molecule has 2 fully saturated rings. The third-order valence-corrected chi connectivity index (χ3v) is 4.34. The van der Waals surface area contributed by atoms with Gasteiger partial charge in [0, 0.05) is 18.8 Å². The van der Waals surface area contributed by atoms with Gasteiger partial charge in [0.25, 0.3) is 0 Å². The van der Waals surface area contributed by atoms with Crippen LogP contribution in [0.25, 0.3) is 0 Å². The number of imidazole rings is 1. The maximum atomic E-state index is 4.64. The van der Waals surface area contributed by atoms with Crippen LogP contribution in [0.4, 0.5) is 5.95 Å². The highest BCUT2D eigenvalue weighted by Gasteiger charge is 2.21. The lowest BCUT2D eigenvalue weighted by atomic mass is 10.2. The van der Waals surface area contributed by atoms with Crippen molar-refractivity contribution >= 4 is 5.95 Å². The van der Waals surface area contributed by atoms with Gasteiger partial charge >= 0.3 is 0 Å². The fourth-order valence-corrected chi connectivity index (χ4v) is 3.11. The monoisotopic (exact) mass is 247 g/mol. The average Bonchev–Trinajstić information content (AvgIpc) is 2.89. The number of nitrogens with zero attached hydrogens (tertiary/aromatic N) is 2. The van der Waals surface area contributed by atoms with Crippen LogP contribution in [-0.4, -0.2) is 16.1 Å². The van der Waals surface area contributed by atoms with Crippen LogP contribution in [0.15, 0.2) is 6.20 Å². The van der Waals surface area contributed by atoms with Crippen molar-refractivity contribution < 1.29 is 0 Å². The van der Waals surface area contributed by atoms with E-state index < -0.39 is 0 Å². The van der Waals surface area contributed by atoms with E-state index in [2.05, 4.69) is 28.0 Å². The lowest BCUT2D eigenvalue weighted by molar-refractivity contribution is 0.522. The van der Waals surface area contributed by atoms with E-state index in [1.165, 1.54) is 51.4 Å². The molecule has 0 aromatic carbocycles. The topological polar surface area (TPSA) is 29.9 Å². The molecule has 2 aliphatic rings. The van der Waals surface area contributed by atoms with Crippen molar-refractivity contribution in [3.05, 3.63) is 11.9 Å². The molecule has 100 valence electrons. The number of hydrogen-bond donors (Lipinski definition) is 1. The number of anilines is 1. The third-order valence-electron chi connectivity index (χ3n) is 4.34. The molecule has 3 heteroatoms. The lowest BCUT2D eigenvalue weighted by Crippen LogP contribution is -2.11. The Bertz CT molecular complexity index is 386. The maximum Gasteiger partial charge on any atom is 0.203 e. The quantitative estimate of drug-likeness (QED) is 0.772. The second kappa shape index (κ2) is 5.33. The van der Waals surface area contributed by atoms with Crippen molar-refractivity contribution in [2.75, 3.05) is 11.9 Å². The van der Waals surface area contributed by atoms with E-state index in [0.717, 1.165) is 24.1 Å². The van der Waals surface area contributed by atoms with Crippen molar-refractivity contribution in [3.63, 3.8) is 0 Å². The smallest absolute Gasteiger partial charge is 0.203 e. The first-order valence-electron chi connectivity index (χ1n) is 7.62. The van der Waals surface area contributed by atoms with Gasteiger partial charge in [0.1, 0.15) is 0 Å². The Hall–Kier alpha value is -0.990. The summed E-state index contributed by atoms with van der Waals surface area (Å²) in [5.74, 6) is 2.15. The first-order valence-corrected chi connectivity index (χ1v) is 7.62. The van der Waals surface area contributed by atoms with Crippen LogP contribution >= 0.6 is 0 Å². The standard InChI is InChI=1S/C15H25N3/c1-12-11-18(14-6-2-3-7-14)15(17-12)16-10-4-5-13-8-9-13/h11,13-14H,2-10H2,1H3,(H,16,17). The average molecular weight is 247 g/mol. The largest absolute Gasteiger partial charge is 0.356 e. The number of hydrogen-bond acceptors (Lipinski definition) is 2. The summed E-state index contributed by atoms with van der Waals surface area (Å²) in [7, 11) is 0. The molecule has 0 atom stereocenters. The van der Waals surface area contributed by atoms with Crippen LogP contribution in [0.2, 0.25) is 0 Å². The van der Waals surface area contributed by atoms with Crippen molar-refractivity contribution in [1.29, 1.82) is 0 Å². The van der Waals surface area contributed by atoms with E-state index in [-0.39, 0.29) is 0 Å². The zero-order valence-corrected chi connectivity index (χ0v) is 11.5. The highest BCUT2D eigenvalue weighted by atomic mass is 15.2. The van der Waals surface area contributed by atoms with E-state index in [0.29, 0.717) is 6.04 Å². The molecule has 3 rings (SSSR count). The van der Waals surface area contributed by atoms with Gasteiger partial charge in [0.05, 0.1) is 5.69 Å². The Morgan fingerprint density at radius 2 is 2.06 bits per heavy atom. The molecule has 0 spiro atoms. The fourth-order valence-electron chi connectivity index (χ4n) is 3.11. The van der Waals surface area contributed by atoms with Gasteiger partial charge in [-0.05, 0) is 38.5 Å². The summed E-state index contributed by atoms with van der Waals surface area (Å²) >= 11 is 0. The van der Waals surface area contributed by atoms with Crippen LogP contribution in [-0.2, 0) is 0 Å². The molecule has 0 bridgehead atoms. The van der Waals surface area contributed by atoms with Gasteiger partial charge in [0.2, 0.25) is 5.95 Å². The third kappa shape index (κ3) is 2.88. The van der Waals surface area contributed by atoms with Gasteiger partial charge in [-0.25, -0.2) is 4.98 Å². The number of aromatic nitrogens is 2. The zero-order chi connectivity index (χ0) is 12.4. The summed E-state index contributed by atoms with van der Waals surface area (Å²) in [4.78, 5) is 4.64. The van der Waals surface area contributed by atoms with Crippen LogP contribution in [0.5, 0.6) is 0 Å². The van der Waals surface area contributed by atoms with E-state index >= 15 is 0 Å². The van der Waals surface area contributed by atoms with E-state index in [9.17, 15) is 0 Å². The number of nitrogens with one attached hydrogen (secondary N) is 1. The molecule has 0 unspecified atom stereocenters. The first kappa shape index (κ1) is 12.1. The Morgan fingerprint density at radius 1 is 1.28 bits per heavy atom. The van der Waals surface area contributed by atoms with Gasteiger partial charge in [0.15, 0.2) is 0 Å². The van der Waals surface area contributed by atoms with Gasteiger partial charge in [-0.1, -0.05) is 25.7 Å². The Balaban J connectivity index is 1.55. The molecular weight excluding hydrogens is 222 g/mol. The lowest BCUT2D eigenvalue weighted by Gasteiger charge is -2.15. The highest BCUT2D eigenvalue weighted by molar-refractivity contribution is 5.29. The molecule has 2 aliphatic carbocycles. The summed E-state index contributed by atoms with van der Waals surface area (Å²) in [5, 5.41) is 3.55. The minimum atomic E-state index is 0.692. The summed E-state index contributed by atoms with van der Waals surface area (Å²) in [6.45, 7) is 3.18. The first-order chi connectivity index (χ1) is 8.83.